The number of fused-ring (bicyclic) bond motifs is 2. The number of nitrogens with zero attached hydrogens (tertiary/aromatic N) is 5. The number of hydrogen-bond donors (Lipinski definition) is 3. The number of carbonyl (C=O) groups is 2. The molecule has 0 saturated heterocycles. The number of aromatic nitrogens is 4. The minimum absolute atomic E-state index is 0.0131. The maximum absolute atomic E-state index is 14.8. The van der Waals surface area contributed by atoms with E-state index in [9.17, 15) is 19.1 Å². The van der Waals surface area contributed by atoms with Gasteiger partial charge in [0.2, 0.25) is 12.0 Å². The number of para-hydroxylation sites is 1. The number of ether oxygens (including phenoxy) is 1. The molecule has 2 aromatic heterocycles. The number of halogens is 1. The zero-order valence-electron chi connectivity index (χ0n) is 21.5. The van der Waals surface area contributed by atoms with Crippen LogP contribution in [0.2, 0.25) is 0 Å². The van der Waals surface area contributed by atoms with E-state index in [1.807, 2.05) is 25.1 Å². The van der Waals surface area contributed by atoms with E-state index in [0.717, 1.165) is 0 Å². The molecular weight excluding hydrogens is 517 g/mol. The van der Waals surface area contributed by atoms with E-state index in [1.54, 1.807) is 35.3 Å². The number of benzene rings is 2. The fourth-order valence-corrected chi connectivity index (χ4v) is 4.80. The van der Waals surface area contributed by atoms with Crippen molar-refractivity contribution in [3.63, 3.8) is 0 Å². The fourth-order valence-electron chi connectivity index (χ4n) is 4.80. The van der Waals surface area contributed by atoms with Gasteiger partial charge in [0.15, 0.2) is 0 Å². The molecule has 0 aliphatic carbocycles. The summed E-state index contributed by atoms with van der Waals surface area (Å²) in [5.74, 6) is -1.93. The largest absolute Gasteiger partial charge is 0.477 e. The molecule has 4 heterocycles. The predicted octanol–water partition coefficient (Wildman–Crippen LogP) is 2.45. The Bertz CT molecular complexity index is 1630. The lowest BCUT2D eigenvalue weighted by Gasteiger charge is -2.23. The number of hydrogen-bond acceptors (Lipinski definition) is 7. The Labute approximate surface area is 228 Å². The number of aryl methyl sites for hydroxylation is 1. The summed E-state index contributed by atoms with van der Waals surface area (Å²) in [6, 6.07) is 13.5. The van der Waals surface area contributed by atoms with Crippen molar-refractivity contribution in [1.82, 2.24) is 24.9 Å². The molecule has 0 saturated carbocycles. The lowest BCUT2D eigenvalue weighted by Crippen LogP contribution is -2.42. The Hall–Kier alpha value is -4.84. The molecule has 2 amide bonds. The van der Waals surface area contributed by atoms with E-state index in [-0.39, 0.29) is 36.3 Å². The molecule has 6 rings (SSSR count). The van der Waals surface area contributed by atoms with E-state index >= 15 is 0 Å². The average Bonchev–Trinajstić information content (AvgIpc) is 3.57. The van der Waals surface area contributed by atoms with Crippen LogP contribution in [0.4, 0.5) is 10.1 Å². The van der Waals surface area contributed by atoms with E-state index in [1.165, 1.54) is 16.8 Å². The minimum atomic E-state index is -1.38. The molecule has 0 radical (unpaired) electrons. The van der Waals surface area contributed by atoms with Gasteiger partial charge in [-0.05, 0) is 13.0 Å². The van der Waals surface area contributed by atoms with Gasteiger partial charge in [-0.3, -0.25) is 14.3 Å². The van der Waals surface area contributed by atoms with Gasteiger partial charge in [-0.15, -0.1) is 0 Å². The second-order valence-electron chi connectivity index (χ2n) is 9.53. The molecule has 0 bridgehead atoms. The summed E-state index contributed by atoms with van der Waals surface area (Å²) in [4.78, 5) is 31.8. The molecule has 1 unspecified atom stereocenters. The Morgan fingerprint density at radius 1 is 1.20 bits per heavy atom. The summed E-state index contributed by atoms with van der Waals surface area (Å²) in [5.41, 5.74) is 2.41. The van der Waals surface area contributed by atoms with Crippen molar-refractivity contribution in [3.8, 4) is 17.1 Å². The summed E-state index contributed by atoms with van der Waals surface area (Å²) < 4.78 is 24.0. The van der Waals surface area contributed by atoms with Crippen LogP contribution in [0.5, 0.6) is 5.88 Å². The van der Waals surface area contributed by atoms with Crippen LogP contribution in [-0.2, 0) is 17.9 Å². The van der Waals surface area contributed by atoms with E-state index < -0.39 is 23.8 Å². The molecule has 0 fully saturated rings. The third-order valence-electron chi connectivity index (χ3n) is 6.85. The molecule has 0 spiro atoms. The van der Waals surface area contributed by atoms with Crippen LogP contribution in [0, 0.1) is 11.7 Å². The van der Waals surface area contributed by atoms with Crippen LogP contribution in [0.3, 0.4) is 0 Å². The maximum atomic E-state index is 14.8. The van der Waals surface area contributed by atoms with Crippen molar-refractivity contribution in [3.05, 3.63) is 83.4 Å². The molecule has 204 valence electrons. The van der Waals surface area contributed by atoms with Gasteiger partial charge in [0.05, 0.1) is 37.4 Å². The smallest absolute Gasteiger partial charge is 0.269 e. The molecule has 3 N–H and O–H groups in total. The summed E-state index contributed by atoms with van der Waals surface area (Å²) in [5, 5.41) is 23.8. The third-order valence-corrected chi connectivity index (χ3v) is 6.85. The lowest BCUT2D eigenvalue weighted by atomic mass is 10.0. The second-order valence-corrected chi connectivity index (χ2v) is 9.53. The number of amides is 2. The molecule has 11 nitrogen and oxygen atoms in total. The van der Waals surface area contributed by atoms with Crippen LogP contribution in [0.25, 0.3) is 11.3 Å². The summed E-state index contributed by atoms with van der Waals surface area (Å²) in [7, 11) is 0. The quantitative estimate of drug-likeness (QED) is 0.342. The molecule has 2 aliphatic heterocycles. The molecular formula is C28H26FN7O4. The van der Waals surface area contributed by atoms with Gasteiger partial charge >= 0.3 is 0 Å². The maximum Gasteiger partial charge on any atom is 0.269 e. The normalized spacial score (nSPS) is 18.1. The highest BCUT2D eigenvalue weighted by atomic mass is 19.1. The van der Waals surface area contributed by atoms with Gasteiger partial charge in [-0.1, -0.05) is 42.5 Å². The van der Waals surface area contributed by atoms with Crippen molar-refractivity contribution in [1.29, 1.82) is 0 Å². The van der Waals surface area contributed by atoms with Crippen LogP contribution in [0.15, 0.2) is 65.9 Å². The monoisotopic (exact) mass is 543 g/mol. The Balaban J connectivity index is 1.41. The number of aliphatic imine (C=N–C) groups is 1. The first kappa shape index (κ1) is 25.4. The van der Waals surface area contributed by atoms with Crippen molar-refractivity contribution in [2.75, 3.05) is 18.5 Å². The van der Waals surface area contributed by atoms with Crippen molar-refractivity contribution < 1.29 is 23.8 Å². The van der Waals surface area contributed by atoms with Gasteiger partial charge in [0.1, 0.15) is 17.1 Å². The predicted molar refractivity (Wildman–Crippen MR) is 144 cm³/mol. The topological polar surface area (TPSA) is 136 Å². The summed E-state index contributed by atoms with van der Waals surface area (Å²) in [6.07, 6.45) is 1.98. The highest BCUT2D eigenvalue weighted by Crippen LogP contribution is 2.34. The summed E-state index contributed by atoms with van der Waals surface area (Å²) in [6.45, 7) is 3.01. The van der Waals surface area contributed by atoms with Crippen molar-refractivity contribution >= 4 is 23.2 Å². The molecule has 4 aromatic rings. The first-order chi connectivity index (χ1) is 19.5. The van der Waals surface area contributed by atoms with Crippen LogP contribution < -0.4 is 15.4 Å². The minimum Gasteiger partial charge on any atom is -0.477 e. The van der Waals surface area contributed by atoms with Gasteiger partial charge in [-0.25, -0.2) is 14.1 Å². The Kier molecular flexibility index (Phi) is 6.60. The zero-order valence-corrected chi connectivity index (χ0v) is 21.5. The van der Waals surface area contributed by atoms with Crippen LogP contribution >= 0.6 is 0 Å². The molecule has 2 aliphatic rings. The second kappa shape index (κ2) is 10.4. The van der Waals surface area contributed by atoms with Gasteiger partial charge in [-0.2, -0.15) is 10.2 Å². The van der Waals surface area contributed by atoms with Crippen molar-refractivity contribution in [2.45, 2.75) is 26.2 Å². The highest BCUT2D eigenvalue weighted by Gasteiger charge is 2.35. The first-order valence-electron chi connectivity index (χ1n) is 12.9. The SMILES string of the molecule is CCn1cc(-c2nn3c(c2C(=O)N[C@H]2N=C(c4ccccc4)c4cccc(F)c4NC2=O)OCC(CO)C3)cn1. The fraction of sp³-hybridized carbons (Fsp3) is 0.250. The molecule has 2 atom stereocenters. The van der Waals surface area contributed by atoms with E-state index in [4.69, 9.17) is 4.74 Å². The zero-order chi connectivity index (χ0) is 27.8. The van der Waals surface area contributed by atoms with E-state index in [0.29, 0.717) is 41.2 Å². The number of aliphatic hydroxyl groups excluding tert-OH is 1. The molecule has 40 heavy (non-hydrogen) atoms. The van der Waals surface area contributed by atoms with Gasteiger partial charge in [0.25, 0.3) is 11.8 Å². The first-order valence-corrected chi connectivity index (χ1v) is 12.9. The molecule has 2 aromatic carbocycles. The van der Waals surface area contributed by atoms with E-state index in [2.05, 4.69) is 25.8 Å². The van der Waals surface area contributed by atoms with Gasteiger partial charge in [0, 0.05) is 35.3 Å². The number of carbonyl (C=O) groups excluding carboxylic acids is 2. The third kappa shape index (κ3) is 4.51. The number of anilines is 1. The van der Waals surface area contributed by atoms with Gasteiger partial charge < -0.3 is 20.5 Å². The number of benzodiazepines with no additional fused rings is 1. The molecule has 12 heteroatoms. The average molecular weight is 544 g/mol. The number of nitrogens with one attached hydrogen (secondary N) is 2. The Morgan fingerprint density at radius 2 is 2.02 bits per heavy atom. The highest BCUT2D eigenvalue weighted by molar-refractivity contribution is 6.20. The number of aliphatic hydroxyl groups is 1. The van der Waals surface area contributed by atoms with Crippen molar-refractivity contribution in [2.24, 2.45) is 10.9 Å². The Morgan fingerprint density at radius 3 is 2.77 bits per heavy atom. The van der Waals surface area contributed by atoms with Crippen LogP contribution in [-0.4, -0.2) is 61.6 Å². The summed E-state index contributed by atoms with van der Waals surface area (Å²) >= 11 is 0. The van der Waals surface area contributed by atoms with Crippen LogP contribution in [0.1, 0.15) is 28.4 Å². The standard InChI is InChI=1S/C28H26FN7O4/c1-2-35-13-18(11-30-35)23-21(28-36(34-23)12-16(14-37)15-40-28)26(38)33-25-27(39)32-24-19(9-6-10-20(24)29)22(31-25)17-7-4-3-5-8-17/h3-11,13,16,25,37H,2,12,14-15H2,1H3,(H,32,39)(H,33,38)/t16?,25-/m1/s1. The lowest BCUT2D eigenvalue weighted by molar-refractivity contribution is -0.117. The number of rotatable bonds is 6.